The predicted octanol–water partition coefficient (Wildman–Crippen LogP) is 4.67. The van der Waals surface area contributed by atoms with E-state index in [4.69, 9.17) is 4.74 Å². The first-order valence-corrected chi connectivity index (χ1v) is 13.5. The minimum Gasteiger partial charge on any atom is -0.452 e. The number of thiophene rings is 1. The minimum absolute atomic E-state index is 0.0815. The predicted molar refractivity (Wildman–Crippen MR) is 138 cm³/mol. The summed E-state index contributed by atoms with van der Waals surface area (Å²) in [6, 6.07) is 21.6. The lowest BCUT2D eigenvalue weighted by Crippen LogP contribution is -2.74. The number of β-lactam (4-membered cyclic amide) rings is 1. The molecule has 0 N–H and O–H groups in total. The highest BCUT2D eigenvalue weighted by Gasteiger charge is 2.60. The largest absolute Gasteiger partial charge is 0.452 e. The van der Waals surface area contributed by atoms with Gasteiger partial charge < -0.3 is 9.64 Å². The zero-order valence-electron chi connectivity index (χ0n) is 19.6. The molecule has 0 saturated carbocycles. The quantitative estimate of drug-likeness (QED) is 0.332. The van der Waals surface area contributed by atoms with E-state index in [0.29, 0.717) is 5.00 Å². The average Bonchev–Trinajstić information content (AvgIpc) is 3.45. The molecule has 2 amide bonds. The van der Waals surface area contributed by atoms with E-state index in [2.05, 4.69) is 0 Å². The second kappa shape index (κ2) is 10.1. The fourth-order valence-electron chi connectivity index (χ4n) is 4.68. The highest BCUT2D eigenvalue weighted by Crippen LogP contribution is 2.46. The third-order valence-electron chi connectivity index (χ3n) is 6.60. The van der Waals surface area contributed by atoms with E-state index in [1.807, 2.05) is 72.1 Å². The van der Waals surface area contributed by atoms with Crippen LogP contribution >= 0.6 is 23.1 Å². The number of carbonyl (C=O) groups excluding carboxylic acids is 3. The molecule has 2 aliphatic heterocycles. The van der Waals surface area contributed by atoms with E-state index in [1.165, 1.54) is 39.8 Å². The maximum atomic E-state index is 14.6. The van der Waals surface area contributed by atoms with E-state index >= 15 is 0 Å². The Morgan fingerprint density at radius 3 is 2.25 bits per heavy atom. The highest BCUT2D eigenvalue weighted by molar-refractivity contribution is 8.00. The normalized spacial score (nSPS) is 23.1. The minimum atomic E-state index is -1.48. The van der Waals surface area contributed by atoms with Crippen LogP contribution in [0.25, 0.3) is 0 Å². The fraction of sp³-hybridized carbons (Fsp3) is 0.296. The molecule has 36 heavy (non-hydrogen) atoms. The second-order valence-corrected chi connectivity index (χ2v) is 11.0. The van der Waals surface area contributed by atoms with E-state index in [1.54, 1.807) is 6.07 Å². The third-order valence-corrected chi connectivity index (χ3v) is 9.04. The molecule has 3 heterocycles. The first-order chi connectivity index (χ1) is 17.4. The lowest BCUT2D eigenvalue weighted by atomic mass is 9.88. The van der Waals surface area contributed by atoms with Crippen molar-refractivity contribution in [1.82, 2.24) is 4.90 Å². The van der Waals surface area contributed by atoms with Crippen LogP contribution in [0, 0.1) is 5.41 Å². The Labute approximate surface area is 217 Å². The van der Waals surface area contributed by atoms with Gasteiger partial charge in [0, 0.05) is 19.2 Å². The van der Waals surface area contributed by atoms with E-state index in [0.717, 1.165) is 11.1 Å². The first-order valence-electron chi connectivity index (χ1n) is 11.6. The van der Waals surface area contributed by atoms with Crippen molar-refractivity contribution < 1.29 is 23.5 Å². The zero-order valence-corrected chi connectivity index (χ0v) is 21.2. The molecule has 2 fully saturated rings. The van der Waals surface area contributed by atoms with Gasteiger partial charge in [-0.1, -0.05) is 60.7 Å². The van der Waals surface area contributed by atoms with Gasteiger partial charge in [0.2, 0.25) is 11.8 Å². The van der Waals surface area contributed by atoms with Crippen molar-refractivity contribution in [1.29, 1.82) is 0 Å². The lowest BCUT2D eigenvalue weighted by Gasteiger charge is -2.55. The lowest BCUT2D eigenvalue weighted by molar-refractivity contribution is -0.166. The number of rotatable bonds is 7. The van der Waals surface area contributed by atoms with E-state index < -0.39 is 30.2 Å². The van der Waals surface area contributed by atoms with Crippen LogP contribution in [0.5, 0.6) is 0 Å². The number of halogens is 1. The molecule has 2 aliphatic rings. The summed E-state index contributed by atoms with van der Waals surface area (Å²) in [6.45, 7) is 0.402. The summed E-state index contributed by atoms with van der Waals surface area (Å²) in [5, 5.41) is 2.20. The number of ether oxygens (including phenoxy) is 1. The van der Waals surface area contributed by atoms with Crippen molar-refractivity contribution >= 4 is 45.9 Å². The van der Waals surface area contributed by atoms with Gasteiger partial charge in [-0.2, -0.15) is 0 Å². The third kappa shape index (κ3) is 4.30. The molecule has 9 heteroatoms. The number of benzene rings is 2. The molecule has 2 unspecified atom stereocenters. The summed E-state index contributed by atoms with van der Waals surface area (Å²) in [5.41, 5.74) is 0.0780. The summed E-state index contributed by atoms with van der Waals surface area (Å²) in [6.07, 6.45) is -0.696. The van der Waals surface area contributed by atoms with Crippen LogP contribution in [0.2, 0.25) is 0 Å². The molecule has 5 rings (SSSR count). The molecule has 3 atom stereocenters. The van der Waals surface area contributed by atoms with Crippen molar-refractivity contribution in [2.45, 2.75) is 24.4 Å². The van der Waals surface area contributed by atoms with Gasteiger partial charge in [-0.25, -0.2) is 4.39 Å². The van der Waals surface area contributed by atoms with Gasteiger partial charge in [-0.3, -0.25) is 19.3 Å². The van der Waals surface area contributed by atoms with Crippen LogP contribution in [0.1, 0.15) is 24.2 Å². The van der Waals surface area contributed by atoms with Crippen molar-refractivity contribution in [2.75, 3.05) is 23.9 Å². The van der Waals surface area contributed by atoms with Crippen LogP contribution in [0.3, 0.4) is 0 Å². The number of alkyl halides is 1. The van der Waals surface area contributed by atoms with Gasteiger partial charge in [0.15, 0.2) is 6.10 Å². The smallest absolute Gasteiger partial charge is 0.318 e. The van der Waals surface area contributed by atoms with Crippen molar-refractivity contribution in [3.05, 3.63) is 89.3 Å². The molecule has 1 aromatic heterocycles. The Bertz CT molecular complexity index is 1200. The van der Waals surface area contributed by atoms with Crippen molar-refractivity contribution in [2.24, 2.45) is 5.41 Å². The molecular formula is C27H25FN2O4S2. The summed E-state index contributed by atoms with van der Waals surface area (Å²) in [5.74, 6) is -1.04. The van der Waals surface area contributed by atoms with Crippen LogP contribution in [0.15, 0.2) is 78.2 Å². The number of esters is 1. The van der Waals surface area contributed by atoms with E-state index in [-0.39, 0.29) is 29.5 Å². The number of anilines is 1. The maximum Gasteiger partial charge on any atom is 0.318 e. The molecule has 6 nitrogen and oxygen atoms in total. The van der Waals surface area contributed by atoms with Crippen LogP contribution in [-0.2, 0) is 19.1 Å². The van der Waals surface area contributed by atoms with Gasteiger partial charge in [0.25, 0.3) is 0 Å². The molecule has 186 valence electrons. The molecular weight excluding hydrogens is 499 g/mol. The average molecular weight is 525 g/mol. The van der Waals surface area contributed by atoms with Gasteiger partial charge in [0.1, 0.15) is 23.5 Å². The number of fused-ring (bicyclic) bond motifs is 1. The van der Waals surface area contributed by atoms with E-state index in [9.17, 15) is 18.8 Å². The number of hydrogen-bond acceptors (Lipinski definition) is 6. The van der Waals surface area contributed by atoms with Gasteiger partial charge in [-0.05, 0) is 28.6 Å². The van der Waals surface area contributed by atoms with Crippen molar-refractivity contribution in [3.8, 4) is 0 Å². The molecule has 0 radical (unpaired) electrons. The topological polar surface area (TPSA) is 66.9 Å². The zero-order chi connectivity index (χ0) is 25.3. The Kier molecular flexibility index (Phi) is 6.85. The Balaban J connectivity index is 1.36. The number of nitrogens with zero attached hydrogens (tertiary/aromatic N) is 2. The molecule has 2 aromatic carbocycles. The standard InChI is InChI=1S/C27H25FN2O4S2/c1-18(31)30(21-13-8-14-35-21)22-24(32)29-16-27(15-28,17-36-25(22)29)26(33)34-23(19-9-4-2-5-10-19)20-11-6-3-7-12-20/h2-14,22-23,25H,15-17H2,1H3/t22?,25-,27?/m1/s1. The molecule has 0 spiro atoms. The number of thioether (sulfide) groups is 1. The van der Waals surface area contributed by atoms with Crippen LogP contribution < -0.4 is 4.90 Å². The summed E-state index contributed by atoms with van der Waals surface area (Å²) in [7, 11) is 0. The molecule has 0 aliphatic carbocycles. The molecule has 3 aromatic rings. The van der Waals surface area contributed by atoms with Gasteiger partial charge >= 0.3 is 5.97 Å². The van der Waals surface area contributed by atoms with Crippen LogP contribution in [-0.4, -0.2) is 53.1 Å². The SMILES string of the molecule is CC(=O)N(c1cccs1)C1C(=O)N2CC(CF)(C(=O)OC(c3ccccc3)c3ccccc3)CS[C@H]12. The number of hydrogen-bond donors (Lipinski definition) is 0. The first kappa shape index (κ1) is 24.5. The fourth-order valence-corrected chi connectivity index (χ4v) is 7.04. The molecule has 2 saturated heterocycles. The highest BCUT2D eigenvalue weighted by atomic mass is 32.2. The maximum absolute atomic E-state index is 14.6. The Hall–Kier alpha value is -3.17. The summed E-state index contributed by atoms with van der Waals surface area (Å²) < 4.78 is 20.6. The summed E-state index contributed by atoms with van der Waals surface area (Å²) >= 11 is 2.70. The summed E-state index contributed by atoms with van der Waals surface area (Å²) in [4.78, 5) is 42.1. The van der Waals surface area contributed by atoms with Crippen molar-refractivity contribution in [3.63, 3.8) is 0 Å². The number of amides is 2. The molecule has 0 bridgehead atoms. The van der Waals surface area contributed by atoms with Gasteiger partial charge in [0.05, 0.1) is 5.00 Å². The van der Waals surface area contributed by atoms with Crippen LogP contribution in [0.4, 0.5) is 9.39 Å². The monoisotopic (exact) mass is 524 g/mol. The Morgan fingerprint density at radius 2 is 1.72 bits per heavy atom. The second-order valence-electron chi connectivity index (χ2n) is 8.97. The number of carbonyl (C=O) groups is 3. The Morgan fingerprint density at radius 1 is 1.08 bits per heavy atom. The van der Waals surface area contributed by atoms with Gasteiger partial charge in [-0.15, -0.1) is 23.1 Å².